The minimum absolute atomic E-state index is 0. The van der Waals surface area contributed by atoms with E-state index < -0.39 is 0 Å². The third kappa shape index (κ3) is 4.64. The van der Waals surface area contributed by atoms with Gasteiger partial charge in [-0.15, -0.1) is 12.4 Å². The molecule has 0 aromatic carbocycles. The number of hydrogen-bond acceptors (Lipinski definition) is 2. The molecule has 4 unspecified atom stereocenters. The Bertz CT molecular complexity index is 285. The lowest BCUT2D eigenvalue weighted by Gasteiger charge is -2.34. The SMILES string of the molecule is CCC1CCCCC1NC(=O)C1CCCC(N)C1.Cl. The summed E-state index contributed by atoms with van der Waals surface area (Å²) in [6.07, 6.45) is 10.4. The maximum atomic E-state index is 12.3. The van der Waals surface area contributed by atoms with Crippen molar-refractivity contribution in [2.75, 3.05) is 0 Å². The average Bonchev–Trinajstić information content (AvgIpc) is 2.39. The largest absolute Gasteiger partial charge is 0.353 e. The van der Waals surface area contributed by atoms with E-state index in [2.05, 4.69) is 12.2 Å². The van der Waals surface area contributed by atoms with Crippen LogP contribution in [0.15, 0.2) is 0 Å². The molecule has 3 nitrogen and oxygen atoms in total. The molecule has 2 fully saturated rings. The highest BCUT2D eigenvalue weighted by molar-refractivity contribution is 5.85. The summed E-state index contributed by atoms with van der Waals surface area (Å²) in [5.41, 5.74) is 5.97. The van der Waals surface area contributed by atoms with E-state index in [-0.39, 0.29) is 30.3 Å². The van der Waals surface area contributed by atoms with Gasteiger partial charge in [-0.05, 0) is 38.0 Å². The number of nitrogens with two attached hydrogens (primary N) is 1. The van der Waals surface area contributed by atoms with Crippen molar-refractivity contribution in [3.63, 3.8) is 0 Å². The number of rotatable bonds is 3. The zero-order valence-corrected chi connectivity index (χ0v) is 12.9. The molecule has 4 heteroatoms. The highest BCUT2D eigenvalue weighted by atomic mass is 35.5. The fourth-order valence-electron chi connectivity index (χ4n) is 3.65. The molecule has 2 aliphatic carbocycles. The third-order valence-corrected chi connectivity index (χ3v) is 4.85. The second-order valence-electron chi connectivity index (χ2n) is 6.19. The van der Waals surface area contributed by atoms with Crippen LogP contribution in [0, 0.1) is 11.8 Å². The monoisotopic (exact) mass is 288 g/mol. The molecular formula is C15H29ClN2O. The van der Waals surface area contributed by atoms with Crippen LogP contribution in [0.25, 0.3) is 0 Å². The zero-order chi connectivity index (χ0) is 13.0. The number of hydrogen-bond donors (Lipinski definition) is 2. The van der Waals surface area contributed by atoms with Crippen molar-refractivity contribution < 1.29 is 4.79 Å². The average molecular weight is 289 g/mol. The van der Waals surface area contributed by atoms with Crippen LogP contribution in [0.2, 0.25) is 0 Å². The second kappa shape index (κ2) is 8.11. The Balaban J connectivity index is 0.00000180. The molecule has 3 N–H and O–H groups in total. The van der Waals surface area contributed by atoms with Crippen molar-refractivity contribution in [2.45, 2.75) is 76.8 Å². The molecule has 2 rings (SSSR count). The van der Waals surface area contributed by atoms with Crippen LogP contribution < -0.4 is 11.1 Å². The van der Waals surface area contributed by atoms with Gasteiger partial charge >= 0.3 is 0 Å². The topological polar surface area (TPSA) is 55.1 Å². The fourth-order valence-corrected chi connectivity index (χ4v) is 3.65. The Labute approximate surface area is 123 Å². The summed E-state index contributed by atoms with van der Waals surface area (Å²) in [4.78, 5) is 12.3. The summed E-state index contributed by atoms with van der Waals surface area (Å²) in [5.74, 6) is 1.14. The molecule has 0 aromatic heterocycles. The molecule has 0 heterocycles. The van der Waals surface area contributed by atoms with Crippen molar-refractivity contribution in [1.82, 2.24) is 5.32 Å². The number of halogens is 1. The lowest BCUT2D eigenvalue weighted by molar-refractivity contribution is -0.127. The van der Waals surface area contributed by atoms with Gasteiger partial charge in [-0.2, -0.15) is 0 Å². The molecule has 2 saturated carbocycles. The molecule has 4 atom stereocenters. The van der Waals surface area contributed by atoms with E-state index in [4.69, 9.17) is 5.73 Å². The summed E-state index contributed by atoms with van der Waals surface area (Å²) >= 11 is 0. The van der Waals surface area contributed by atoms with Crippen LogP contribution in [0.4, 0.5) is 0 Å². The van der Waals surface area contributed by atoms with Crippen LogP contribution in [0.3, 0.4) is 0 Å². The first-order valence-corrected chi connectivity index (χ1v) is 7.76. The Hall–Kier alpha value is -0.280. The third-order valence-electron chi connectivity index (χ3n) is 4.85. The molecule has 0 spiro atoms. The van der Waals surface area contributed by atoms with E-state index in [0.717, 1.165) is 25.7 Å². The van der Waals surface area contributed by atoms with Gasteiger partial charge in [0.05, 0.1) is 0 Å². The Morgan fingerprint density at radius 1 is 1.16 bits per heavy atom. The van der Waals surface area contributed by atoms with Crippen molar-refractivity contribution in [3.05, 3.63) is 0 Å². The molecule has 2 aliphatic rings. The van der Waals surface area contributed by atoms with E-state index in [1.165, 1.54) is 32.1 Å². The Morgan fingerprint density at radius 2 is 1.89 bits per heavy atom. The minimum Gasteiger partial charge on any atom is -0.353 e. The second-order valence-corrected chi connectivity index (χ2v) is 6.19. The van der Waals surface area contributed by atoms with E-state index >= 15 is 0 Å². The normalized spacial score (nSPS) is 35.3. The molecule has 19 heavy (non-hydrogen) atoms. The van der Waals surface area contributed by atoms with Gasteiger partial charge in [-0.1, -0.05) is 32.6 Å². The molecule has 112 valence electrons. The van der Waals surface area contributed by atoms with Crippen molar-refractivity contribution in [2.24, 2.45) is 17.6 Å². The van der Waals surface area contributed by atoms with E-state index in [1.54, 1.807) is 0 Å². The molecule has 0 aliphatic heterocycles. The van der Waals surface area contributed by atoms with Crippen molar-refractivity contribution in [3.8, 4) is 0 Å². The summed E-state index contributed by atoms with van der Waals surface area (Å²) in [5, 5.41) is 3.32. The minimum atomic E-state index is 0. The van der Waals surface area contributed by atoms with Gasteiger partial charge in [-0.3, -0.25) is 4.79 Å². The molecule has 0 aromatic rings. The van der Waals surface area contributed by atoms with Crippen LogP contribution in [-0.2, 0) is 4.79 Å². The predicted molar refractivity (Wildman–Crippen MR) is 81.4 cm³/mol. The highest BCUT2D eigenvalue weighted by Crippen LogP contribution is 2.28. The summed E-state index contributed by atoms with van der Waals surface area (Å²) in [7, 11) is 0. The molecule has 0 saturated heterocycles. The van der Waals surface area contributed by atoms with Gasteiger partial charge in [-0.25, -0.2) is 0 Å². The predicted octanol–water partition coefficient (Wildman–Crippen LogP) is 3.01. The molecular weight excluding hydrogens is 260 g/mol. The van der Waals surface area contributed by atoms with Crippen LogP contribution in [0.5, 0.6) is 0 Å². The molecule has 0 radical (unpaired) electrons. The van der Waals surface area contributed by atoms with Gasteiger partial charge in [0.15, 0.2) is 0 Å². The highest BCUT2D eigenvalue weighted by Gasteiger charge is 2.30. The van der Waals surface area contributed by atoms with Crippen molar-refractivity contribution in [1.29, 1.82) is 0 Å². The number of carbonyl (C=O) groups excluding carboxylic acids is 1. The van der Waals surface area contributed by atoms with Crippen LogP contribution in [-0.4, -0.2) is 18.0 Å². The standard InChI is InChI=1S/C15H28N2O.ClH/c1-2-11-6-3-4-9-14(11)17-15(18)12-7-5-8-13(16)10-12;/h11-14H,2-10,16H2,1H3,(H,17,18);1H. The number of carbonyl (C=O) groups is 1. The molecule has 0 bridgehead atoms. The van der Waals surface area contributed by atoms with Gasteiger partial charge in [0.25, 0.3) is 0 Å². The maximum absolute atomic E-state index is 12.3. The lowest BCUT2D eigenvalue weighted by atomic mass is 9.81. The number of nitrogens with one attached hydrogen (secondary N) is 1. The zero-order valence-electron chi connectivity index (χ0n) is 12.1. The van der Waals surface area contributed by atoms with E-state index in [9.17, 15) is 4.79 Å². The first kappa shape index (κ1) is 16.8. The Morgan fingerprint density at radius 3 is 2.58 bits per heavy atom. The first-order chi connectivity index (χ1) is 8.70. The fraction of sp³-hybridized carbons (Fsp3) is 0.933. The van der Waals surface area contributed by atoms with E-state index in [0.29, 0.717) is 12.0 Å². The molecule has 1 amide bonds. The van der Waals surface area contributed by atoms with Gasteiger partial charge in [0.1, 0.15) is 0 Å². The van der Waals surface area contributed by atoms with Gasteiger partial charge < -0.3 is 11.1 Å². The number of amides is 1. The van der Waals surface area contributed by atoms with Crippen LogP contribution in [0.1, 0.15) is 64.7 Å². The summed E-state index contributed by atoms with van der Waals surface area (Å²) in [6.45, 7) is 2.24. The summed E-state index contributed by atoms with van der Waals surface area (Å²) in [6, 6.07) is 0.664. The lowest BCUT2D eigenvalue weighted by Crippen LogP contribution is -2.46. The van der Waals surface area contributed by atoms with Gasteiger partial charge in [0.2, 0.25) is 5.91 Å². The Kier molecular flexibility index (Phi) is 7.16. The maximum Gasteiger partial charge on any atom is 0.223 e. The quantitative estimate of drug-likeness (QED) is 0.839. The first-order valence-electron chi connectivity index (χ1n) is 7.76. The van der Waals surface area contributed by atoms with E-state index in [1.807, 2.05) is 0 Å². The smallest absolute Gasteiger partial charge is 0.223 e. The summed E-state index contributed by atoms with van der Waals surface area (Å²) < 4.78 is 0. The van der Waals surface area contributed by atoms with Crippen molar-refractivity contribution >= 4 is 18.3 Å². The van der Waals surface area contributed by atoms with Gasteiger partial charge in [0, 0.05) is 18.0 Å². The van der Waals surface area contributed by atoms with Crippen LogP contribution >= 0.6 is 12.4 Å².